The molecule has 1 fully saturated rings. The second-order valence-electron chi connectivity index (χ2n) is 16.6. The first-order chi connectivity index (χ1) is 32.0. The third-order valence-electron chi connectivity index (χ3n) is 11.0. The molecule has 1 unspecified atom stereocenters. The van der Waals surface area contributed by atoms with E-state index in [1.54, 1.807) is 30.3 Å². The van der Waals surface area contributed by atoms with Gasteiger partial charge in [-0.3, -0.25) is 19.6 Å². The van der Waals surface area contributed by atoms with Crippen LogP contribution in [0.15, 0.2) is 131 Å². The van der Waals surface area contributed by atoms with Crippen LogP contribution in [0.25, 0.3) is 22.4 Å². The van der Waals surface area contributed by atoms with E-state index in [2.05, 4.69) is 86.8 Å². The summed E-state index contributed by atoms with van der Waals surface area (Å²) in [6, 6.07) is 37.2. The minimum Gasteiger partial charge on any atom is -0.478 e. The number of amides is 2. The van der Waals surface area contributed by atoms with Crippen LogP contribution in [0.5, 0.6) is 5.88 Å². The van der Waals surface area contributed by atoms with Crippen LogP contribution in [0, 0.1) is 5.41 Å². The molecule has 17 heteroatoms. The highest BCUT2D eigenvalue weighted by atomic mass is 32.2. The summed E-state index contributed by atoms with van der Waals surface area (Å²) < 4.78 is 44.4. The topological polar surface area (TPSA) is 208 Å². The van der Waals surface area contributed by atoms with Gasteiger partial charge in [-0.25, -0.2) is 15.4 Å². The Hall–Kier alpha value is -6.05. The van der Waals surface area contributed by atoms with Crippen molar-refractivity contribution < 1.29 is 32.0 Å². The zero-order chi connectivity index (χ0) is 46.6. The van der Waals surface area contributed by atoms with Gasteiger partial charge in [0.1, 0.15) is 4.90 Å². The maximum atomic E-state index is 12.6. The van der Waals surface area contributed by atoms with Crippen molar-refractivity contribution in [3.05, 3.63) is 132 Å². The third kappa shape index (κ3) is 15.5. The summed E-state index contributed by atoms with van der Waals surface area (Å²) >= 11 is 0. The Morgan fingerprint density at radius 3 is 2.21 bits per heavy atom. The number of hydrazine groups is 3. The number of hydrogen-bond donors (Lipinski definition) is 7. The van der Waals surface area contributed by atoms with Crippen molar-refractivity contribution >= 4 is 33.8 Å². The number of hydrazone groups is 1. The van der Waals surface area contributed by atoms with Gasteiger partial charge in [0, 0.05) is 62.0 Å². The van der Waals surface area contributed by atoms with E-state index in [1.807, 2.05) is 42.5 Å². The molecule has 0 aliphatic carbocycles. The lowest BCUT2D eigenvalue weighted by atomic mass is 9.83. The van der Waals surface area contributed by atoms with Gasteiger partial charge < -0.3 is 20.1 Å². The number of hydrogen-bond acceptors (Lipinski definition) is 13. The Morgan fingerprint density at radius 2 is 1.48 bits per heavy atom. The minimum atomic E-state index is -4.38. The fraction of sp³-hybridized carbons (Fsp3) is 0.347. The number of nitrogens with zero attached hydrogens (tertiary/aromatic N) is 3. The Morgan fingerprint density at radius 1 is 0.803 bits per heavy atom. The fourth-order valence-electron chi connectivity index (χ4n) is 7.42. The molecule has 0 saturated carbocycles. The van der Waals surface area contributed by atoms with Crippen molar-refractivity contribution in [2.45, 2.75) is 69.9 Å². The van der Waals surface area contributed by atoms with Crippen LogP contribution in [0.3, 0.4) is 0 Å². The maximum absolute atomic E-state index is 12.6. The lowest BCUT2D eigenvalue weighted by Crippen LogP contribution is -2.49. The normalized spacial score (nSPS) is 14.3. The molecule has 0 radical (unpaired) electrons. The molecule has 1 aliphatic heterocycles. The second kappa shape index (κ2) is 25.0. The summed E-state index contributed by atoms with van der Waals surface area (Å²) in [5.74, 6) is 0.401. The van der Waals surface area contributed by atoms with Gasteiger partial charge in [-0.15, -0.1) is 0 Å². The SMILES string of the molecule is CC(C)(CCCCOc1cc(-c2ccccc2)cc(-c2ccccc2)n1)C1NNNN1CCCC(=O)NCCCOCCCNC(=O)c1ccc(N/N=C/c2ccccc2S(=O)(=O)O)cc1. The molecule has 2 heterocycles. The molecule has 0 bridgehead atoms. The number of rotatable bonds is 26. The van der Waals surface area contributed by atoms with Crippen molar-refractivity contribution in [3.8, 4) is 28.3 Å². The molecular weight excluding hydrogens is 859 g/mol. The molecule has 1 atom stereocenters. The van der Waals surface area contributed by atoms with Gasteiger partial charge in [0.25, 0.3) is 16.0 Å². The van der Waals surface area contributed by atoms with E-state index in [1.165, 1.54) is 24.4 Å². The number of ether oxygens (including phenoxy) is 2. The summed E-state index contributed by atoms with van der Waals surface area (Å²) in [4.78, 5) is 29.7. The van der Waals surface area contributed by atoms with Crippen LogP contribution in [0.1, 0.15) is 74.7 Å². The number of nitrogens with one attached hydrogen (secondary N) is 6. The third-order valence-corrected chi connectivity index (χ3v) is 11.9. The Bertz CT molecular complexity index is 2380. The Kier molecular flexibility index (Phi) is 18.7. The zero-order valence-electron chi connectivity index (χ0n) is 37.5. The van der Waals surface area contributed by atoms with Gasteiger partial charge in [-0.1, -0.05) is 92.7 Å². The summed E-state index contributed by atoms with van der Waals surface area (Å²) in [7, 11) is -4.38. The molecule has 5 aromatic rings. The Labute approximate surface area is 387 Å². The van der Waals surface area contributed by atoms with Crippen molar-refractivity contribution in [1.82, 2.24) is 37.1 Å². The fourth-order valence-corrected chi connectivity index (χ4v) is 8.09. The number of carbonyl (C=O) groups excluding carboxylic acids is 2. The van der Waals surface area contributed by atoms with Crippen LogP contribution >= 0.6 is 0 Å². The van der Waals surface area contributed by atoms with Gasteiger partial charge >= 0.3 is 0 Å². The summed E-state index contributed by atoms with van der Waals surface area (Å²) in [6.07, 6.45) is 6.57. The average Bonchev–Trinajstić information content (AvgIpc) is 3.81. The Balaban J connectivity index is 0.792. The number of benzene rings is 4. The van der Waals surface area contributed by atoms with Crippen LogP contribution in [-0.2, 0) is 19.6 Å². The number of unbranched alkanes of at least 4 members (excludes halogenated alkanes) is 1. The number of pyridine rings is 1. The van der Waals surface area contributed by atoms with Crippen LogP contribution in [0.2, 0.25) is 0 Å². The van der Waals surface area contributed by atoms with E-state index in [0.29, 0.717) is 82.3 Å². The first-order valence-electron chi connectivity index (χ1n) is 22.3. The van der Waals surface area contributed by atoms with Crippen LogP contribution < -0.4 is 37.3 Å². The van der Waals surface area contributed by atoms with Gasteiger partial charge in [0.05, 0.1) is 30.4 Å². The highest BCUT2D eigenvalue weighted by Crippen LogP contribution is 2.31. The molecule has 0 spiro atoms. The van der Waals surface area contributed by atoms with Gasteiger partial charge in [0.15, 0.2) is 0 Å². The predicted molar refractivity (Wildman–Crippen MR) is 257 cm³/mol. The summed E-state index contributed by atoms with van der Waals surface area (Å²) in [6.45, 7) is 7.69. The molecule has 7 N–H and O–H groups in total. The average molecular weight is 920 g/mol. The highest BCUT2D eigenvalue weighted by Gasteiger charge is 2.37. The van der Waals surface area contributed by atoms with Crippen LogP contribution in [-0.4, -0.2) is 86.6 Å². The van der Waals surface area contributed by atoms with Crippen LogP contribution in [0.4, 0.5) is 5.69 Å². The zero-order valence-corrected chi connectivity index (χ0v) is 38.4. The molecule has 66 heavy (non-hydrogen) atoms. The highest BCUT2D eigenvalue weighted by molar-refractivity contribution is 7.86. The van der Waals surface area contributed by atoms with Gasteiger partial charge in [-0.05, 0) is 91.5 Å². The lowest BCUT2D eigenvalue weighted by molar-refractivity contribution is -0.121. The molecule has 4 aromatic carbocycles. The predicted octanol–water partition coefficient (Wildman–Crippen LogP) is 6.96. The first-order valence-corrected chi connectivity index (χ1v) is 23.8. The quantitative estimate of drug-likeness (QED) is 0.0130. The number of anilines is 1. The number of carbonyl (C=O) groups is 2. The molecule has 1 aromatic heterocycles. The van der Waals surface area contributed by atoms with E-state index < -0.39 is 10.1 Å². The van der Waals surface area contributed by atoms with Crippen molar-refractivity contribution in [3.63, 3.8) is 0 Å². The first kappa shape index (κ1) is 49.4. The van der Waals surface area contributed by atoms with Crippen molar-refractivity contribution in [2.24, 2.45) is 10.5 Å². The van der Waals surface area contributed by atoms with Gasteiger partial charge in [0.2, 0.25) is 11.8 Å². The van der Waals surface area contributed by atoms with E-state index >= 15 is 0 Å². The minimum absolute atomic E-state index is 0.00585. The van der Waals surface area contributed by atoms with Crippen molar-refractivity contribution in [2.75, 3.05) is 44.9 Å². The largest absolute Gasteiger partial charge is 0.478 e. The molecule has 1 aliphatic rings. The molecule has 6 rings (SSSR count). The smallest absolute Gasteiger partial charge is 0.295 e. The molecule has 1 saturated heterocycles. The summed E-state index contributed by atoms with van der Waals surface area (Å²) in [5.41, 5.74) is 17.7. The lowest BCUT2D eigenvalue weighted by Gasteiger charge is -2.36. The molecule has 16 nitrogen and oxygen atoms in total. The van der Waals surface area contributed by atoms with E-state index in [-0.39, 0.29) is 33.9 Å². The standard InChI is InChI=1S/C49H61N9O7S/c1-49(2,27-11-12-33-65-46-35-41(37-16-5-3-6-17-37)34-43(53-46)38-18-7-4-8-19-38)48-55-56-57-58(48)30-13-22-45(59)50-28-14-31-64-32-15-29-51-47(60)39-23-25-42(26-24-39)54-52-36-40-20-9-10-21-44(40)66(61,62)63/h3-10,16-21,23-26,34-36,48,54-57H,11-15,22,27-33H2,1-2H3,(H,50,59)(H,51,60)(H,61,62,63)/b52-36+. The monoisotopic (exact) mass is 919 g/mol. The van der Waals surface area contributed by atoms with Crippen molar-refractivity contribution in [1.29, 1.82) is 0 Å². The number of aromatic nitrogens is 1. The maximum Gasteiger partial charge on any atom is 0.295 e. The van der Waals surface area contributed by atoms with E-state index in [9.17, 15) is 22.6 Å². The van der Waals surface area contributed by atoms with Gasteiger partial charge in [-0.2, -0.15) is 24.6 Å². The second-order valence-corrected chi connectivity index (χ2v) is 18.0. The molecule has 350 valence electrons. The molecular formula is C49H61N9O7S. The summed E-state index contributed by atoms with van der Waals surface area (Å²) in [5, 5.41) is 12.0. The van der Waals surface area contributed by atoms with E-state index in [4.69, 9.17) is 14.5 Å². The van der Waals surface area contributed by atoms with E-state index in [0.717, 1.165) is 41.6 Å². The molecule has 2 amide bonds.